The van der Waals surface area contributed by atoms with Gasteiger partial charge in [0, 0.05) is 18.1 Å². The highest BCUT2D eigenvalue weighted by molar-refractivity contribution is 7.99. The third-order valence-electron chi connectivity index (χ3n) is 3.59. The molecular formula is C15H15Cl2N3S. The van der Waals surface area contributed by atoms with Crippen molar-refractivity contribution in [1.29, 1.82) is 0 Å². The molecule has 1 aliphatic rings. The van der Waals surface area contributed by atoms with E-state index in [1.807, 2.05) is 42.1 Å². The van der Waals surface area contributed by atoms with Crippen molar-refractivity contribution < 1.29 is 0 Å². The summed E-state index contributed by atoms with van der Waals surface area (Å²) in [5.74, 6) is 2.81. The number of nitrogens with zero attached hydrogens (tertiary/aromatic N) is 3. The molecule has 0 radical (unpaired) electrons. The van der Waals surface area contributed by atoms with Gasteiger partial charge in [-0.3, -0.25) is 4.90 Å². The van der Waals surface area contributed by atoms with E-state index in [9.17, 15) is 0 Å². The van der Waals surface area contributed by atoms with Crippen LogP contribution in [0.4, 0.5) is 0 Å². The van der Waals surface area contributed by atoms with Crippen LogP contribution >= 0.6 is 35.0 Å². The van der Waals surface area contributed by atoms with Crippen LogP contribution in [0, 0.1) is 0 Å². The third kappa shape index (κ3) is 3.19. The lowest BCUT2D eigenvalue weighted by molar-refractivity contribution is 0.264. The summed E-state index contributed by atoms with van der Waals surface area (Å²) in [6.45, 7) is 1.02. The van der Waals surface area contributed by atoms with E-state index in [4.69, 9.17) is 23.2 Å². The lowest BCUT2D eigenvalue weighted by Crippen LogP contribution is -2.33. The van der Waals surface area contributed by atoms with Gasteiger partial charge < -0.3 is 0 Å². The number of thioether (sulfide) groups is 1. The molecule has 3 rings (SSSR count). The Kier molecular flexibility index (Phi) is 4.69. The van der Waals surface area contributed by atoms with Gasteiger partial charge in [0.2, 0.25) is 0 Å². The van der Waals surface area contributed by atoms with E-state index in [0.29, 0.717) is 21.7 Å². The summed E-state index contributed by atoms with van der Waals surface area (Å²) >= 11 is 14.7. The Morgan fingerprint density at radius 1 is 1.14 bits per heavy atom. The third-order valence-corrected chi connectivity index (χ3v) is 5.16. The van der Waals surface area contributed by atoms with Gasteiger partial charge in [-0.1, -0.05) is 53.5 Å². The first kappa shape index (κ1) is 15.1. The molecule has 110 valence electrons. The van der Waals surface area contributed by atoms with E-state index in [1.54, 1.807) is 0 Å². The Balaban J connectivity index is 2.00. The van der Waals surface area contributed by atoms with Crippen molar-refractivity contribution in [3.63, 3.8) is 0 Å². The number of hydrogen-bond acceptors (Lipinski definition) is 4. The molecule has 3 nitrogen and oxygen atoms in total. The topological polar surface area (TPSA) is 29.0 Å². The molecule has 2 aromatic rings. The van der Waals surface area contributed by atoms with Crippen LogP contribution in [0.3, 0.4) is 0 Å². The molecule has 1 aromatic heterocycles. The van der Waals surface area contributed by atoms with Crippen molar-refractivity contribution in [2.75, 3.05) is 25.1 Å². The molecule has 21 heavy (non-hydrogen) atoms. The zero-order chi connectivity index (χ0) is 14.8. The lowest BCUT2D eigenvalue weighted by atomic mass is 10.1. The zero-order valence-electron chi connectivity index (χ0n) is 11.6. The van der Waals surface area contributed by atoms with Crippen LogP contribution in [0.25, 0.3) is 11.1 Å². The molecule has 1 aromatic carbocycles. The molecule has 0 N–H and O–H groups in total. The molecule has 0 spiro atoms. The van der Waals surface area contributed by atoms with Crippen molar-refractivity contribution >= 4 is 35.0 Å². The lowest BCUT2D eigenvalue weighted by Gasteiger charge is -2.31. The quantitative estimate of drug-likeness (QED) is 0.768. The van der Waals surface area contributed by atoms with Crippen LogP contribution in [0.15, 0.2) is 30.3 Å². The predicted molar refractivity (Wildman–Crippen MR) is 90.2 cm³/mol. The van der Waals surface area contributed by atoms with Gasteiger partial charge in [0.05, 0.1) is 11.6 Å². The van der Waals surface area contributed by atoms with Gasteiger partial charge in [-0.15, -0.1) is 0 Å². The standard InChI is InChI=1S/C15H15Cl2N3S/c1-20-7-8-21-9-11(20)15-18-13(16)12(14(17)19-15)10-5-3-2-4-6-10/h2-6,11H,7-9H2,1H3. The minimum absolute atomic E-state index is 0.170. The number of halogens is 2. The van der Waals surface area contributed by atoms with Crippen LogP contribution in [0.5, 0.6) is 0 Å². The highest BCUT2D eigenvalue weighted by Crippen LogP contribution is 2.35. The Morgan fingerprint density at radius 2 is 1.81 bits per heavy atom. The molecule has 1 unspecified atom stereocenters. The molecule has 2 heterocycles. The molecule has 1 fully saturated rings. The van der Waals surface area contributed by atoms with Gasteiger partial charge in [0.15, 0.2) is 0 Å². The van der Waals surface area contributed by atoms with Crippen molar-refractivity contribution in [3.05, 3.63) is 46.5 Å². The first-order valence-electron chi connectivity index (χ1n) is 6.73. The fraction of sp³-hybridized carbons (Fsp3) is 0.333. The highest BCUT2D eigenvalue weighted by atomic mass is 35.5. The second-order valence-electron chi connectivity index (χ2n) is 4.98. The van der Waals surface area contributed by atoms with E-state index < -0.39 is 0 Å². The summed E-state index contributed by atoms with van der Waals surface area (Å²) in [7, 11) is 2.08. The van der Waals surface area contributed by atoms with Gasteiger partial charge in [0.1, 0.15) is 16.1 Å². The Morgan fingerprint density at radius 3 is 2.43 bits per heavy atom. The molecular weight excluding hydrogens is 325 g/mol. The number of benzene rings is 1. The summed E-state index contributed by atoms with van der Waals surface area (Å²) in [5.41, 5.74) is 1.64. The largest absolute Gasteiger partial charge is 0.295 e. The Labute approximate surface area is 138 Å². The molecule has 1 aliphatic heterocycles. The first-order valence-corrected chi connectivity index (χ1v) is 8.64. The minimum atomic E-state index is 0.170. The SMILES string of the molecule is CN1CCSCC1c1nc(Cl)c(-c2ccccc2)c(Cl)n1. The molecule has 1 saturated heterocycles. The molecule has 1 atom stereocenters. The monoisotopic (exact) mass is 339 g/mol. The van der Waals surface area contributed by atoms with E-state index in [2.05, 4.69) is 21.9 Å². The van der Waals surface area contributed by atoms with Gasteiger partial charge in [-0.25, -0.2) is 9.97 Å². The number of aromatic nitrogens is 2. The fourth-order valence-corrected chi connectivity index (χ4v) is 4.20. The van der Waals surface area contributed by atoms with Gasteiger partial charge >= 0.3 is 0 Å². The summed E-state index contributed by atoms with van der Waals surface area (Å²) < 4.78 is 0. The Bertz CT molecular complexity index is 613. The predicted octanol–water partition coefficient (Wildman–Crippen LogP) is 4.17. The molecule has 6 heteroatoms. The summed E-state index contributed by atoms with van der Waals surface area (Å²) in [5, 5.41) is 0.834. The van der Waals surface area contributed by atoms with E-state index >= 15 is 0 Å². The molecule has 0 bridgehead atoms. The van der Waals surface area contributed by atoms with Crippen molar-refractivity contribution in [2.24, 2.45) is 0 Å². The smallest absolute Gasteiger partial charge is 0.149 e. The van der Waals surface area contributed by atoms with E-state index in [1.165, 1.54) is 0 Å². The average molecular weight is 340 g/mol. The van der Waals surface area contributed by atoms with Gasteiger partial charge in [0.25, 0.3) is 0 Å². The molecule has 0 saturated carbocycles. The average Bonchev–Trinajstić information content (AvgIpc) is 2.48. The summed E-state index contributed by atoms with van der Waals surface area (Å²) in [6.07, 6.45) is 0. The van der Waals surface area contributed by atoms with Crippen molar-refractivity contribution in [2.45, 2.75) is 6.04 Å². The van der Waals surface area contributed by atoms with Crippen LogP contribution in [0.2, 0.25) is 10.3 Å². The van der Waals surface area contributed by atoms with Crippen LogP contribution in [-0.2, 0) is 0 Å². The summed E-state index contributed by atoms with van der Waals surface area (Å²) in [4.78, 5) is 11.2. The van der Waals surface area contributed by atoms with Crippen LogP contribution < -0.4 is 0 Å². The van der Waals surface area contributed by atoms with E-state index in [-0.39, 0.29) is 6.04 Å². The molecule has 0 aliphatic carbocycles. The molecule has 0 amide bonds. The van der Waals surface area contributed by atoms with Crippen LogP contribution in [-0.4, -0.2) is 40.0 Å². The zero-order valence-corrected chi connectivity index (χ0v) is 13.9. The van der Waals surface area contributed by atoms with Crippen LogP contribution in [0.1, 0.15) is 11.9 Å². The first-order chi connectivity index (χ1) is 10.2. The van der Waals surface area contributed by atoms with Gasteiger partial charge in [-0.05, 0) is 12.6 Å². The highest BCUT2D eigenvalue weighted by Gasteiger charge is 2.25. The van der Waals surface area contributed by atoms with Crippen molar-refractivity contribution in [1.82, 2.24) is 14.9 Å². The van der Waals surface area contributed by atoms with Gasteiger partial charge in [-0.2, -0.15) is 11.8 Å². The van der Waals surface area contributed by atoms with Crippen molar-refractivity contribution in [3.8, 4) is 11.1 Å². The summed E-state index contributed by atoms with van der Waals surface area (Å²) in [6, 6.07) is 9.93. The van der Waals surface area contributed by atoms with E-state index in [0.717, 1.165) is 23.6 Å². The normalized spacial score (nSPS) is 19.7. The Hall–Kier alpha value is -0.810. The second kappa shape index (κ2) is 6.53. The maximum absolute atomic E-state index is 6.38. The second-order valence-corrected chi connectivity index (χ2v) is 6.84. The number of rotatable bonds is 2. The minimum Gasteiger partial charge on any atom is -0.295 e. The maximum atomic E-state index is 6.38. The number of hydrogen-bond donors (Lipinski definition) is 0. The fourth-order valence-electron chi connectivity index (χ4n) is 2.37. The maximum Gasteiger partial charge on any atom is 0.149 e.